The zero-order chi connectivity index (χ0) is 20.6. The van der Waals surface area contributed by atoms with Crippen LogP contribution in [0.3, 0.4) is 0 Å². The molecule has 0 saturated carbocycles. The molecule has 1 aliphatic heterocycles. The predicted molar refractivity (Wildman–Crippen MR) is 113 cm³/mol. The first-order valence-corrected chi connectivity index (χ1v) is 11.6. The van der Waals surface area contributed by atoms with Crippen molar-refractivity contribution in [2.75, 3.05) is 38.2 Å². The number of sulfonamides is 1. The quantitative estimate of drug-likeness (QED) is 0.613. The van der Waals surface area contributed by atoms with Gasteiger partial charge < -0.3 is 14.2 Å². The van der Waals surface area contributed by atoms with Crippen LogP contribution in [0.25, 0.3) is 10.6 Å². The maximum Gasteiger partial charge on any atom is 0.244 e. The van der Waals surface area contributed by atoms with Crippen LogP contribution in [0.2, 0.25) is 0 Å². The largest absolute Gasteiger partial charge is 0.497 e. The molecule has 1 saturated heterocycles. The number of ether oxygens (including phenoxy) is 1. The number of nitrogens with zero attached hydrogens (tertiary/aromatic N) is 3. The zero-order valence-electron chi connectivity index (χ0n) is 16.6. The number of benzene rings is 1. The Hall–Kier alpha value is -2.36. The number of aromatic nitrogens is 1. The van der Waals surface area contributed by atoms with Gasteiger partial charge in [0.2, 0.25) is 10.0 Å². The number of aryl methyl sites for hydroxylation is 2. The zero-order valence-corrected chi connectivity index (χ0v) is 18.2. The number of methoxy groups -OCH3 is 1. The summed E-state index contributed by atoms with van der Waals surface area (Å²) < 4.78 is 38.6. The molecule has 0 unspecified atom stereocenters. The second kappa shape index (κ2) is 7.81. The van der Waals surface area contributed by atoms with Crippen LogP contribution in [-0.2, 0) is 10.0 Å². The first kappa shape index (κ1) is 19.9. The van der Waals surface area contributed by atoms with E-state index in [4.69, 9.17) is 9.26 Å². The molecule has 29 heavy (non-hydrogen) atoms. The molecule has 4 rings (SSSR count). The fraction of sp³-hybridized carbons (Fsp3) is 0.350. The van der Waals surface area contributed by atoms with E-state index < -0.39 is 10.0 Å². The third-order valence-electron chi connectivity index (χ3n) is 5.02. The van der Waals surface area contributed by atoms with Crippen LogP contribution < -0.4 is 9.64 Å². The lowest BCUT2D eigenvalue weighted by atomic mass is 10.2. The van der Waals surface area contributed by atoms with Crippen LogP contribution in [0, 0.1) is 13.8 Å². The van der Waals surface area contributed by atoms with Crippen molar-refractivity contribution in [2.24, 2.45) is 0 Å². The van der Waals surface area contributed by atoms with Gasteiger partial charge in [-0.25, -0.2) is 8.42 Å². The summed E-state index contributed by atoms with van der Waals surface area (Å²) in [4.78, 5) is 4.06. The molecule has 7 nitrogen and oxygen atoms in total. The Kier molecular flexibility index (Phi) is 5.37. The SMILES string of the molecule is COc1cccc(N2CCN(S(=O)(=O)c3cc(-c4cc(C)no4)sc3C)CC2)c1. The fourth-order valence-corrected chi connectivity index (χ4v) is 6.39. The summed E-state index contributed by atoms with van der Waals surface area (Å²) in [5.41, 5.74) is 1.81. The Balaban J connectivity index is 1.51. The summed E-state index contributed by atoms with van der Waals surface area (Å²) in [5, 5.41) is 3.89. The highest BCUT2D eigenvalue weighted by Gasteiger charge is 2.31. The van der Waals surface area contributed by atoms with E-state index in [1.165, 1.54) is 11.3 Å². The second-order valence-corrected chi connectivity index (χ2v) is 10.1. The Labute approximate surface area is 174 Å². The molecule has 3 aromatic rings. The lowest BCUT2D eigenvalue weighted by Crippen LogP contribution is -2.48. The van der Waals surface area contributed by atoms with Crippen LogP contribution >= 0.6 is 11.3 Å². The van der Waals surface area contributed by atoms with E-state index in [1.807, 2.05) is 44.2 Å². The van der Waals surface area contributed by atoms with Gasteiger partial charge in [0, 0.05) is 48.9 Å². The Morgan fingerprint density at radius 1 is 1.10 bits per heavy atom. The number of rotatable bonds is 5. The predicted octanol–water partition coefficient (Wildman–Crippen LogP) is 3.54. The Morgan fingerprint density at radius 2 is 1.86 bits per heavy atom. The van der Waals surface area contributed by atoms with Crippen molar-refractivity contribution in [1.29, 1.82) is 0 Å². The van der Waals surface area contributed by atoms with Gasteiger partial charge in [0.25, 0.3) is 0 Å². The molecule has 0 atom stereocenters. The van der Waals surface area contributed by atoms with E-state index in [2.05, 4.69) is 10.1 Å². The molecular weight excluding hydrogens is 410 g/mol. The van der Waals surface area contributed by atoms with E-state index in [9.17, 15) is 8.42 Å². The average molecular weight is 434 g/mol. The van der Waals surface area contributed by atoms with Crippen molar-refractivity contribution < 1.29 is 17.7 Å². The summed E-state index contributed by atoms with van der Waals surface area (Å²) in [6, 6.07) is 11.3. The minimum absolute atomic E-state index is 0.349. The molecule has 0 radical (unpaired) electrons. The monoisotopic (exact) mass is 433 g/mol. The minimum atomic E-state index is -3.56. The molecule has 0 aliphatic carbocycles. The summed E-state index contributed by atoms with van der Waals surface area (Å²) in [6.45, 7) is 5.80. The Bertz CT molecular complexity index is 1110. The molecule has 0 amide bonds. The smallest absolute Gasteiger partial charge is 0.244 e. The van der Waals surface area contributed by atoms with Crippen LogP contribution in [0.15, 0.2) is 45.8 Å². The average Bonchev–Trinajstić information content (AvgIpc) is 3.34. The maximum atomic E-state index is 13.2. The molecule has 1 aliphatic rings. The molecule has 2 aromatic heterocycles. The van der Waals surface area contributed by atoms with Crippen LogP contribution in [0.5, 0.6) is 5.75 Å². The van der Waals surface area contributed by atoms with Gasteiger partial charge in [-0.3, -0.25) is 0 Å². The minimum Gasteiger partial charge on any atom is -0.497 e. The standard InChI is InChI=1S/C20H23N3O4S2/c1-14-11-18(27-21-14)19-13-20(15(2)28-19)29(24,25)23-9-7-22(8-10-23)16-5-4-6-17(12-16)26-3/h4-6,11-13H,7-10H2,1-3H3. The van der Waals surface area contributed by atoms with E-state index in [-0.39, 0.29) is 0 Å². The van der Waals surface area contributed by atoms with Crippen LogP contribution in [0.1, 0.15) is 10.6 Å². The lowest BCUT2D eigenvalue weighted by Gasteiger charge is -2.35. The first-order chi connectivity index (χ1) is 13.9. The number of anilines is 1. The van der Waals surface area contributed by atoms with Crippen molar-refractivity contribution in [2.45, 2.75) is 18.7 Å². The van der Waals surface area contributed by atoms with Gasteiger partial charge in [0.05, 0.1) is 22.6 Å². The molecule has 154 valence electrons. The molecule has 1 fully saturated rings. The van der Waals surface area contributed by atoms with Crippen molar-refractivity contribution in [3.63, 3.8) is 0 Å². The van der Waals surface area contributed by atoms with Crippen molar-refractivity contribution in [1.82, 2.24) is 9.46 Å². The summed E-state index contributed by atoms with van der Waals surface area (Å²) in [5.74, 6) is 1.39. The molecule has 0 N–H and O–H groups in total. The number of hydrogen-bond acceptors (Lipinski definition) is 7. The van der Waals surface area contributed by atoms with E-state index in [0.29, 0.717) is 36.8 Å². The fourth-order valence-electron chi connectivity index (χ4n) is 3.46. The maximum absolute atomic E-state index is 13.2. The topological polar surface area (TPSA) is 75.9 Å². The highest BCUT2D eigenvalue weighted by Crippen LogP contribution is 2.35. The number of piperazine rings is 1. The highest BCUT2D eigenvalue weighted by molar-refractivity contribution is 7.89. The number of thiophene rings is 1. The van der Waals surface area contributed by atoms with Crippen molar-refractivity contribution >= 4 is 27.0 Å². The van der Waals surface area contributed by atoms with Gasteiger partial charge in [0.1, 0.15) is 5.75 Å². The molecule has 0 bridgehead atoms. The van der Waals surface area contributed by atoms with Crippen molar-refractivity contribution in [3.05, 3.63) is 47.0 Å². The van der Waals surface area contributed by atoms with E-state index >= 15 is 0 Å². The summed E-state index contributed by atoms with van der Waals surface area (Å²) in [6.07, 6.45) is 0. The first-order valence-electron chi connectivity index (χ1n) is 9.32. The lowest BCUT2D eigenvalue weighted by molar-refractivity contribution is 0.384. The molecule has 3 heterocycles. The molecule has 9 heteroatoms. The second-order valence-electron chi connectivity index (χ2n) is 6.96. The van der Waals surface area contributed by atoms with Gasteiger partial charge in [-0.1, -0.05) is 11.2 Å². The normalized spacial score (nSPS) is 15.6. The highest BCUT2D eigenvalue weighted by atomic mass is 32.2. The Morgan fingerprint density at radius 3 is 2.52 bits per heavy atom. The van der Waals surface area contributed by atoms with Gasteiger partial charge in [-0.2, -0.15) is 4.31 Å². The molecular formula is C20H23N3O4S2. The van der Waals surface area contributed by atoms with E-state index in [0.717, 1.165) is 26.9 Å². The molecule has 0 spiro atoms. The number of hydrogen-bond donors (Lipinski definition) is 0. The summed E-state index contributed by atoms with van der Waals surface area (Å²) in [7, 11) is -1.92. The third-order valence-corrected chi connectivity index (χ3v) is 8.24. The molecule has 1 aromatic carbocycles. The van der Waals surface area contributed by atoms with Crippen LogP contribution in [0.4, 0.5) is 5.69 Å². The van der Waals surface area contributed by atoms with E-state index in [1.54, 1.807) is 17.5 Å². The van der Waals surface area contributed by atoms with Crippen molar-refractivity contribution in [3.8, 4) is 16.4 Å². The van der Waals surface area contributed by atoms with Gasteiger partial charge in [-0.05, 0) is 32.0 Å². The third kappa shape index (κ3) is 3.90. The van der Waals surface area contributed by atoms with Gasteiger partial charge >= 0.3 is 0 Å². The summed E-state index contributed by atoms with van der Waals surface area (Å²) >= 11 is 1.41. The van der Waals surface area contributed by atoms with Gasteiger partial charge in [0.15, 0.2) is 5.76 Å². The van der Waals surface area contributed by atoms with Crippen LogP contribution in [-0.4, -0.2) is 51.2 Å². The van der Waals surface area contributed by atoms with Gasteiger partial charge in [-0.15, -0.1) is 11.3 Å².